The SMILES string of the molecule is CNCC1OCCc2cccc(F)c21.Cc1ccc(S(=O)(=O)O)cc1. The van der Waals surface area contributed by atoms with E-state index in [4.69, 9.17) is 9.29 Å². The van der Waals surface area contributed by atoms with Gasteiger partial charge in [0.15, 0.2) is 0 Å². The Labute approximate surface area is 147 Å². The number of benzene rings is 2. The zero-order valence-corrected chi connectivity index (χ0v) is 15.0. The lowest BCUT2D eigenvalue weighted by Gasteiger charge is -2.26. The van der Waals surface area contributed by atoms with Gasteiger partial charge in [-0.25, -0.2) is 4.39 Å². The van der Waals surface area contributed by atoms with Gasteiger partial charge in [0.25, 0.3) is 10.1 Å². The number of fused-ring (bicyclic) bond motifs is 1. The highest BCUT2D eigenvalue weighted by Crippen LogP contribution is 2.28. The van der Waals surface area contributed by atoms with Crippen molar-refractivity contribution in [3.8, 4) is 0 Å². The lowest BCUT2D eigenvalue weighted by atomic mass is 9.97. The van der Waals surface area contributed by atoms with Crippen LogP contribution in [0.5, 0.6) is 0 Å². The summed E-state index contributed by atoms with van der Waals surface area (Å²) in [5, 5.41) is 3.01. The van der Waals surface area contributed by atoms with Gasteiger partial charge < -0.3 is 10.1 Å². The molecule has 3 rings (SSSR count). The average molecular weight is 367 g/mol. The maximum Gasteiger partial charge on any atom is 0.294 e. The summed E-state index contributed by atoms with van der Waals surface area (Å²) in [5.41, 5.74) is 2.77. The molecule has 0 aromatic heterocycles. The molecule has 1 heterocycles. The fraction of sp³-hybridized carbons (Fsp3) is 0.333. The van der Waals surface area contributed by atoms with Crippen LogP contribution in [0.4, 0.5) is 4.39 Å². The quantitative estimate of drug-likeness (QED) is 0.816. The monoisotopic (exact) mass is 367 g/mol. The Balaban J connectivity index is 0.000000186. The number of hydrogen-bond donors (Lipinski definition) is 2. The Morgan fingerprint density at radius 2 is 1.92 bits per heavy atom. The van der Waals surface area contributed by atoms with Crippen LogP contribution in [0.1, 0.15) is 22.8 Å². The van der Waals surface area contributed by atoms with Crippen molar-refractivity contribution >= 4 is 10.1 Å². The average Bonchev–Trinajstić information content (AvgIpc) is 2.56. The molecule has 0 amide bonds. The standard InChI is InChI=1S/C11H14FNO.C7H8O3S/c1-13-7-10-11-8(5-6-14-10)3-2-4-9(11)12;1-6-2-4-7(5-3-6)11(8,9)10/h2-4,10,13H,5-7H2,1H3;2-5H,1H3,(H,8,9,10). The first-order chi connectivity index (χ1) is 11.8. The van der Waals surface area contributed by atoms with Crippen molar-refractivity contribution in [2.45, 2.75) is 24.3 Å². The first-order valence-corrected chi connectivity index (χ1v) is 9.34. The van der Waals surface area contributed by atoms with Crippen LogP contribution in [0.2, 0.25) is 0 Å². The largest absolute Gasteiger partial charge is 0.372 e. The topological polar surface area (TPSA) is 75.6 Å². The smallest absolute Gasteiger partial charge is 0.294 e. The van der Waals surface area contributed by atoms with Gasteiger partial charge in [-0.05, 0) is 44.2 Å². The van der Waals surface area contributed by atoms with Gasteiger partial charge >= 0.3 is 0 Å². The number of aryl methyl sites for hydroxylation is 1. The van der Waals surface area contributed by atoms with Gasteiger partial charge in [-0.2, -0.15) is 8.42 Å². The van der Waals surface area contributed by atoms with Crippen LogP contribution in [-0.2, 0) is 21.3 Å². The van der Waals surface area contributed by atoms with E-state index in [9.17, 15) is 12.8 Å². The molecule has 1 aliphatic rings. The van der Waals surface area contributed by atoms with E-state index in [0.717, 1.165) is 23.1 Å². The van der Waals surface area contributed by atoms with Gasteiger partial charge in [-0.3, -0.25) is 4.55 Å². The van der Waals surface area contributed by atoms with Crippen LogP contribution in [0.25, 0.3) is 0 Å². The van der Waals surface area contributed by atoms with Crippen molar-refractivity contribution in [3.05, 3.63) is 65.0 Å². The Morgan fingerprint density at radius 3 is 2.52 bits per heavy atom. The molecule has 1 aliphatic heterocycles. The molecule has 0 spiro atoms. The van der Waals surface area contributed by atoms with Gasteiger partial charge in [0.05, 0.1) is 17.6 Å². The number of nitrogens with one attached hydrogen (secondary N) is 1. The second-order valence-corrected chi connectivity index (χ2v) is 7.19. The number of ether oxygens (including phenoxy) is 1. The molecule has 2 N–H and O–H groups in total. The third-order valence-corrected chi connectivity index (χ3v) is 4.73. The predicted octanol–water partition coefficient (Wildman–Crippen LogP) is 2.90. The fourth-order valence-corrected chi connectivity index (χ4v) is 3.09. The van der Waals surface area contributed by atoms with Gasteiger partial charge in [0.1, 0.15) is 5.82 Å². The number of hydrogen-bond acceptors (Lipinski definition) is 4. The maximum atomic E-state index is 13.5. The molecule has 7 heteroatoms. The molecule has 25 heavy (non-hydrogen) atoms. The molecule has 0 aliphatic carbocycles. The Morgan fingerprint density at radius 1 is 1.24 bits per heavy atom. The lowest BCUT2D eigenvalue weighted by Crippen LogP contribution is -2.26. The third-order valence-electron chi connectivity index (χ3n) is 3.86. The molecule has 2 aromatic carbocycles. The summed E-state index contributed by atoms with van der Waals surface area (Å²) in [6.07, 6.45) is 0.678. The molecule has 136 valence electrons. The third kappa shape index (κ3) is 5.34. The van der Waals surface area contributed by atoms with E-state index >= 15 is 0 Å². The van der Waals surface area contributed by atoms with E-state index < -0.39 is 10.1 Å². The van der Waals surface area contributed by atoms with Gasteiger partial charge in [-0.15, -0.1) is 0 Å². The number of rotatable bonds is 3. The van der Waals surface area contributed by atoms with Crippen LogP contribution >= 0.6 is 0 Å². The van der Waals surface area contributed by atoms with E-state index in [-0.39, 0.29) is 16.8 Å². The highest BCUT2D eigenvalue weighted by molar-refractivity contribution is 7.85. The zero-order chi connectivity index (χ0) is 18.4. The van der Waals surface area contributed by atoms with E-state index in [0.29, 0.717) is 13.2 Å². The Kier molecular flexibility index (Phi) is 6.66. The maximum absolute atomic E-state index is 13.5. The molecular weight excluding hydrogens is 345 g/mol. The second kappa shape index (κ2) is 8.53. The minimum atomic E-state index is -4.02. The van der Waals surface area contributed by atoms with E-state index in [2.05, 4.69) is 5.32 Å². The van der Waals surface area contributed by atoms with E-state index in [1.54, 1.807) is 18.2 Å². The molecule has 0 saturated heterocycles. The highest BCUT2D eigenvalue weighted by Gasteiger charge is 2.23. The summed E-state index contributed by atoms with van der Waals surface area (Å²) < 4.78 is 48.6. The molecule has 0 fully saturated rings. The Hall–Kier alpha value is -1.80. The van der Waals surface area contributed by atoms with Crippen molar-refractivity contribution in [2.24, 2.45) is 0 Å². The molecule has 2 aromatic rings. The number of halogens is 1. The van der Waals surface area contributed by atoms with Crippen molar-refractivity contribution in [1.82, 2.24) is 5.32 Å². The van der Waals surface area contributed by atoms with Crippen LogP contribution in [0, 0.1) is 12.7 Å². The predicted molar refractivity (Wildman–Crippen MR) is 93.7 cm³/mol. The van der Waals surface area contributed by atoms with Crippen molar-refractivity contribution in [2.75, 3.05) is 20.2 Å². The number of likely N-dealkylation sites (N-methyl/N-ethyl adjacent to an activating group) is 1. The molecule has 0 radical (unpaired) electrons. The molecule has 1 unspecified atom stereocenters. The van der Waals surface area contributed by atoms with Gasteiger partial charge in [-0.1, -0.05) is 29.8 Å². The first kappa shape index (κ1) is 19.5. The summed E-state index contributed by atoms with van der Waals surface area (Å²) >= 11 is 0. The summed E-state index contributed by atoms with van der Waals surface area (Å²) in [4.78, 5) is -0.0666. The lowest BCUT2D eigenvalue weighted by molar-refractivity contribution is 0.0410. The molecule has 0 bridgehead atoms. The minimum Gasteiger partial charge on any atom is -0.372 e. The van der Waals surface area contributed by atoms with Crippen LogP contribution in [0.3, 0.4) is 0 Å². The molecular formula is C18H22FNO4S. The highest BCUT2D eigenvalue weighted by atomic mass is 32.2. The second-order valence-electron chi connectivity index (χ2n) is 5.77. The van der Waals surface area contributed by atoms with E-state index in [1.807, 2.05) is 20.0 Å². The molecule has 0 saturated carbocycles. The van der Waals surface area contributed by atoms with E-state index in [1.165, 1.54) is 18.2 Å². The summed E-state index contributed by atoms with van der Waals surface area (Å²) in [6, 6.07) is 11.2. The summed E-state index contributed by atoms with van der Waals surface area (Å²) in [6.45, 7) is 3.19. The molecule has 5 nitrogen and oxygen atoms in total. The zero-order valence-electron chi connectivity index (χ0n) is 14.2. The van der Waals surface area contributed by atoms with Crippen molar-refractivity contribution < 1.29 is 22.1 Å². The van der Waals surface area contributed by atoms with Crippen LogP contribution in [0.15, 0.2) is 47.4 Å². The normalized spacial score (nSPS) is 16.6. The van der Waals surface area contributed by atoms with Crippen molar-refractivity contribution in [1.29, 1.82) is 0 Å². The summed E-state index contributed by atoms with van der Waals surface area (Å²) in [7, 11) is -2.17. The van der Waals surface area contributed by atoms with Crippen molar-refractivity contribution in [3.63, 3.8) is 0 Å². The molecule has 1 atom stereocenters. The Bertz CT molecular complexity index is 806. The van der Waals surface area contributed by atoms with Crippen LogP contribution < -0.4 is 5.32 Å². The van der Waals surface area contributed by atoms with Crippen LogP contribution in [-0.4, -0.2) is 33.2 Å². The van der Waals surface area contributed by atoms with Gasteiger partial charge in [0, 0.05) is 12.1 Å². The fourth-order valence-electron chi connectivity index (χ4n) is 2.61. The summed E-state index contributed by atoms with van der Waals surface area (Å²) in [5.74, 6) is -0.151. The first-order valence-electron chi connectivity index (χ1n) is 7.90. The van der Waals surface area contributed by atoms with Gasteiger partial charge in [0.2, 0.25) is 0 Å². The minimum absolute atomic E-state index is 0.0666.